The van der Waals surface area contributed by atoms with Crippen LogP contribution >= 0.6 is 23.2 Å². The maximum Gasteiger partial charge on any atom is 0.426 e. The monoisotopic (exact) mass is 240 g/mol. The number of rotatable bonds is 1. The average Bonchev–Trinajstić information content (AvgIpc) is 2.07. The quantitative estimate of drug-likeness (QED) is 0.679. The van der Waals surface area contributed by atoms with Crippen molar-refractivity contribution in [2.45, 2.75) is 6.18 Å². The van der Waals surface area contributed by atoms with Crippen LogP contribution in [0.3, 0.4) is 0 Å². The Morgan fingerprint density at radius 1 is 1.14 bits per heavy atom. The summed E-state index contributed by atoms with van der Waals surface area (Å²) in [5, 5.41) is -0.690. The lowest BCUT2D eigenvalue weighted by Crippen LogP contribution is -2.06. The van der Waals surface area contributed by atoms with Crippen molar-refractivity contribution in [1.82, 2.24) is 0 Å². The first-order chi connectivity index (χ1) is 6.39. The number of hydrogen-bond donors (Lipinski definition) is 0. The Morgan fingerprint density at radius 3 is 2.07 bits per heavy atom. The first-order valence-electron chi connectivity index (χ1n) is 3.59. The van der Waals surface area contributed by atoms with Crippen LogP contribution in [-0.4, -0.2) is 6.18 Å². The lowest BCUT2D eigenvalue weighted by Gasteiger charge is -2.03. The lowest BCUT2D eigenvalue weighted by molar-refractivity contribution is -0.0836. The van der Waals surface area contributed by atoms with Gasteiger partial charge in [-0.25, -0.2) is 0 Å². The van der Waals surface area contributed by atoms with E-state index in [1.807, 2.05) is 0 Å². The molecule has 0 fully saturated rings. The van der Waals surface area contributed by atoms with E-state index in [1.165, 1.54) is 24.3 Å². The van der Waals surface area contributed by atoms with E-state index in [0.29, 0.717) is 10.6 Å². The summed E-state index contributed by atoms with van der Waals surface area (Å²) in [5.41, 5.74) is 0.358. The predicted molar refractivity (Wildman–Crippen MR) is 51.3 cm³/mol. The number of alkyl halides is 3. The minimum absolute atomic E-state index is 0.358. The zero-order valence-corrected chi connectivity index (χ0v) is 8.29. The molecule has 0 unspecified atom stereocenters. The van der Waals surface area contributed by atoms with Crippen LogP contribution in [0, 0.1) is 0 Å². The van der Waals surface area contributed by atoms with Crippen LogP contribution in [0.1, 0.15) is 5.56 Å². The van der Waals surface area contributed by atoms with E-state index in [-0.39, 0.29) is 0 Å². The molecule has 76 valence electrons. The summed E-state index contributed by atoms with van der Waals surface area (Å²) in [6.45, 7) is 0. The number of hydrogen-bond acceptors (Lipinski definition) is 0. The second-order valence-electron chi connectivity index (χ2n) is 2.54. The summed E-state index contributed by atoms with van der Waals surface area (Å²) in [4.78, 5) is 0. The van der Waals surface area contributed by atoms with Gasteiger partial charge in [0.05, 0.1) is 0 Å². The van der Waals surface area contributed by atoms with E-state index in [1.54, 1.807) is 0 Å². The van der Waals surface area contributed by atoms with E-state index in [2.05, 4.69) is 0 Å². The number of halogens is 5. The van der Waals surface area contributed by atoms with Gasteiger partial charge in [0.1, 0.15) is 5.03 Å². The molecule has 5 heteroatoms. The van der Waals surface area contributed by atoms with Gasteiger partial charge >= 0.3 is 6.18 Å². The molecular formula is C9H5Cl2F3. The Balaban J connectivity index is 2.93. The van der Waals surface area contributed by atoms with E-state index in [4.69, 9.17) is 23.2 Å². The fraction of sp³-hybridized carbons (Fsp3) is 0.111. The molecule has 0 saturated carbocycles. The molecule has 0 atom stereocenters. The normalized spacial score (nSPS) is 13.1. The predicted octanol–water partition coefficient (Wildman–Crippen LogP) is 4.48. The molecule has 0 radical (unpaired) electrons. The first-order valence-corrected chi connectivity index (χ1v) is 4.35. The van der Waals surface area contributed by atoms with Gasteiger partial charge in [-0.15, -0.1) is 0 Å². The highest BCUT2D eigenvalue weighted by Gasteiger charge is 2.32. The maximum absolute atomic E-state index is 12.0. The van der Waals surface area contributed by atoms with Gasteiger partial charge in [0.2, 0.25) is 0 Å². The molecule has 0 amide bonds. The van der Waals surface area contributed by atoms with Crippen molar-refractivity contribution in [2.24, 2.45) is 0 Å². The molecular weight excluding hydrogens is 236 g/mol. The molecule has 0 heterocycles. The SMILES string of the molecule is FC(F)(F)/C(Cl)=C/c1ccc(Cl)cc1. The molecule has 1 aromatic carbocycles. The zero-order valence-electron chi connectivity index (χ0n) is 6.78. The standard InChI is InChI=1S/C9H5Cl2F3/c10-7-3-1-6(2-4-7)5-8(11)9(12,13)14/h1-5H/b8-5-. The van der Waals surface area contributed by atoms with Gasteiger partial charge in [0, 0.05) is 5.02 Å². The zero-order chi connectivity index (χ0) is 10.8. The van der Waals surface area contributed by atoms with E-state index >= 15 is 0 Å². The van der Waals surface area contributed by atoms with Crippen molar-refractivity contribution in [2.75, 3.05) is 0 Å². The van der Waals surface area contributed by atoms with Crippen molar-refractivity contribution < 1.29 is 13.2 Å². The fourth-order valence-electron chi connectivity index (χ4n) is 0.787. The third kappa shape index (κ3) is 3.24. The van der Waals surface area contributed by atoms with Gasteiger partial charge in [-0.1, -0.05) is 35.3 Å². The van der Waals surface area contributed by atoms with E-state index in [0.717, 1.165) is 6.08 Å². The van der Waals surface area contributed by atoms with Crippen molar-refractivity contribution >= 4 is 29.3 Å². The van der Waals surface area contributed by atoms with Gasteiger partial charge in [-0.2, -0.15) is 13.2 Å². The van der Waals surface area contributed by atoms with E-state index < -0.39 is 11.2 Å². The summed E-state index contributed by atoms with van der Waals surface area (Å²) in [5.74, 6) is 0. The maximum atomic E-state index is 12.0. The van der Waals surface area contributed by atoms with Crippen LogP contribution in [0.4, 0.5) is 13.2 Å². The Hall–Kier alpha value is -0.670. The minimum atomic E-state index is -4.50. The summed E-state index contributed by atoms with van der Waals surface area (Å²) >= 11 is 10.6. The molecule has 0 saturated heterocycles. The molecule has 14 heavy (non-hydrogen) atoms. The smallest absolute Gasteiger partial charge is 0.165 e. The average molecular weight is 241 g/mol. The molecule has 0 nitrogen and oxygen atoms in total. The Labute approximate surface area is 88.9 Å². The Bertz CT molecular complexity index is 338. The highest BCUT2D eigenvalue weighted by Crippen LogP contribution is 2.30. The molecule has 0 N–H and O–H groups in total. The van der Waals surface area contributed by atoms with Crippen LogP contribution in [0.5, 0.6) is 0 Å². The third-order valence-corrected chi connectivity index (χ3v) is 2.01. The minimum Gasteiger partial charge on any atom is -0.165 e. The molecule has 0 aliphatic carbocycles. The molecule has 0 aromatic heterocycles. The summed E-state index contributed by atoms with van der Waals surface area (Å²) in [6, 6.07) is 5.90. The molecule has 1 rings (SSSR count). The van der Waals surface area contributed by atoms with Gasteiger partial charge in [0.15, 0.2) is 0 Å². The van der Waals surface area contributed by atoms with Crippen molar-refractivity contribution in [1.29, 1.82) is 0 Å². The van der Waals surface area contributed by atoms with Crippen LogP contribution in [0.2, 0.25) is 5.02 Å². The molecule has 0 aliphatic rings. The Kier molecular flexibility index (Phi) is 3.45. The molecule has 0 spiro atoms. The van der Waals surface area contributed by atoms with Gasteiger partial charge in [-0.05, 0) is 23.8 Å². The lowest BCUT2D eigenvalue weighted by atomic mass is 10.2. The van der Waals surface area contributed by atoms with Crippen molar-refractivity contribution in [3.8, 4) is 0 Å². The van der Waals surface area contributed by atoms with Gasteiger partial charge < -0.3 is 0 Å². The van der Waals surface area contributed by atoms with E-state index in [9.17, 15) is 13.2 Å². The summed E-state index contributed by atoms with van der Waals surface area (Å²) < 4.78 is 36.0. The second-order valence-corrected chi connectivity index (χ2v) is 3.39. The van der Waals surface area contributed by atoms with Crippen LogP contribution in [0.15, 0.2) is 29.3 Å². The van der Waals surface area contributed by atoms with Crippen LogP contribution < -0.4 is 0 Å². The van der Waals surface area contributed by atoms with Gasteiger partial charge in [-0.3, -0.25) is 0 Å². The Morgan fingerprint density at radius 2 is 1.64 bits per heavy atom. The third-order valence-electron chi connectivity index (χ3n) is 1.43. The van der Waals surface area contributed by atoms with Gasteiger partial charge in [0.25, 0.3) is 0 Å². The van der Waals surface area contributed by atoms with Crippen LogP contribution in [0.25, 0.3) is 6.08 Å². The van der Waals surface area contributed by atoms with Crippen LogP contribution in [-0.2, 0) is 0 Å². The summed E-state index contributed by atoms with van der Waals surface area (Å²) in [6.07, 6.45) is -3.65. The first kappa shape index (κ1) is 11.4. The number of allylic oxidation sites excluding steroid dienone is 1. The topological polar surface area (TPSA) is 0 Å². The highest BCUT2D eigenvalue weighted by molar-refractivity contribution is 6.32. The van der Waals surface area contributed by atoms with Crippen molar-refractivity contribution in [3.63, 3.8) is 0 Å². The fourth-order valence-corrected chi connectivity index (χ4v) is 1.04. The van der Waals surface area contributed by atoms with Crippen molar-refractivity contribution in [3.05, 3.63) is 39.9 Å². The number of benzene rings is 1. The second kappa shape index (κ2) is 4.24. The largest absolute Gasteiger partial charge is 0.426 e. The molecule has 1 aromatic rings. The highest BCUT2D eigenvalue weighted by atomic mass is 35.5. The molecule has 0 aliphatic heterocycles. The summed E-state index contributed by atoms with van der Waals surface area (Å²) in [7, 11) is 0. The molecule has 0 bridgehead atoms.